The molecule has 0 bridgehead atoms. The van der Waals surface area contributed by atoms with E-state index in [9.17, 15) is 4.79 Å². The van der Waals surface area contributed by atoms with Crippen molar-refractivity contribution in [2.75, 3.05) is 20.1 Å². The predicted octanol–water partition coefficient (Wildman–Crippen LogP) is 2.79. The zero-order valence-corrected chi connectivity index (χ0v) is 17.7. The number of rotatable bonds is 7. The SMILES string of the molecule is CN=C(NCCc1nc(C)c(C)s1)NCc1cccc(CN2CCCC2=O)c1. The van der Waals surface area contributed by atoms with Crippen LogP contribution < -0.4 is 10.6 Å². The van der Waals surface area contributed by atoms with Gasteiger partial charge < -0.3 is 15.5 Å². The van der Waals surface area contributed by atoms with Gasteiger partial charge in [0, 0.05) is 50.9 Å². The molecule has 0 atom stereocenters. The van der Waals surface area contributed by atoms with Gasteiger partial charge in [0.05, 0.1) is 10.7 Å². The number of likely N-dealkylation sites (tertiary alicyclic amines) is 1. The van der Waals surface area contributed by atoms with Gasteiger partial charge in [-0.3, -0.25) is 9.79 Å². The third kappa shape index (κ3) is 5.55. The molecule has 2 aromatic rings. The van der Waals surface area contributed by atoms with E-state index in [4.69, 9.17) is 0 Å². The number of thiazole rings is 1. The molecule has 0 spiro atoms. The highest BCUT2D eigenvalue weighted by atomic mass is 32.1. The van der Waals surface area contributed by atoms with Crippen LogP contribution in [0, 0.1) is 13.8 Å². The van der Waals surface area contributed by atoms with Crippen molar-refractivity contribution in [3.63, 3.8) is 0 Å². The summed E-state index contributed by atoms with van der Waals surface area (Å²) in [4.78, 5) is 23.9. The maximum absolute atomic E-state index is 11.8. The zero-order chi connectivity index (χ0) is 19.9. The van der Waals surface area contributed by atoms with Crippen LogP contribution in [0.25, 0.3) is 0 Å². The molecule has 2 N–H and O–H groups in total. The maximum Gasteiger partial charge on any atom is 0.222 e. The van der Waals surface area contributed by atoms with E-state index in [0.29, 0.717) is 19.5 Å². The Hall–Kier alpha value is -2.41. The van der Waals surface area contributed by atoms with Crippen molar-refractivity contribution in [3.8, 4) is 0 Å². The fourth-order valence-electron chi connectivity index (χ4n) is 3.27. The number of hydrogen-bond acceptors (Lipinski definition) is 4. The highest BCUT2D eigenvalue weighted by Crippen LogP contribution is 2.17. The number of carbonyl (C=O) groups is 1. The van der Waals surface area contributed by atoms with Crippen LogP contribution in [0.3, 0.4) is 0 Å². The lowest BCUT2D eigenvalue weighted by Crippen LogP contribution is -2.37. The first-order valence-electron chi connectivity index (χ1n) is 9.78. The van der Waals surface area contributed by atoms with E-state index in [1.807, 2.05) is 4.90 Å². The predicted molar refractivity (Wildman–Crippen MR) is 115 cm³/mol. The summed E-state index contributed by atoms with van der Waals surface area (Å²) in [6.45, 7) is 7.22. The number of amides is 1. The van der Waals surface area contributed by atoms with E-state index in [1.165, 1.54) is 16.0 Å². The summed E-state index contributed by atoms with van der Waals surface area (Å²) in [5, 5.41) is 7.86. The summed E-state index contributed by atoms with van der Waals surface area (Å²) in [5.74, 6) is 1.05. The molecule has 150 valence electrons. The molecule has 0 unspecified atom stereocenters. The normalized spacial score (nSPS) is 14.6. The monoisotopic (exact) mass is 399 g/mol. The second-order valence-electron chi connectivity index (χ2n) is 7.09. The number of carbonyl (C=O) groups excluding carboxylic acids is 1. The first kappa shape index (κ1) is 20.3. The largest absolute Gasteiger partial charge is 0.356 e. The van der Waals surface area contributed by atoms with Gasteiger partial charge in [0.1, 0.15) is 0 Å². The summed E-state index contributed by atoms with van der Waals surface area (Å²) in [5.41, 5.74) is 3.48. The molecule has 1 saturated heterocycles. The number of aryl methyl sites for hydroxylation is 2. The van der Waals surface area contributed by atoms with Crippen molar-refractivity contribution in [2.24, 2.45) is 4.99 Å². The van der Waals surface area contributed by atoms with Gasteiger partial charge in [-0.15, -0.1) is 11.3 Å². The zero-order valence-electron chi connectivity index (χ0n) is 16.9. The molecule has 28 heavy (non-hydrogen) atoms. The number of benzene rings is 1. The van der Waals surface area contributed by atoms with Crippen molar-refractivity contribution in [3.05, 3.63) is 51.0 Å². The fraction of sp³-hybridized carbons (Fsp3) is 0.476. The second kappa shape index (κ2) is 9.68. The molecule has 1 amide bonds. The Balaban J connectivity index is 1.46. The minimum atomic E-state index is 0.263. The molecule has 1 aliphatic heterocycles. The van der Waals surface area contributed by atoms with E-state index >= 15 is 0 Å². The third-order valence-electron chi connectivity index (χ3n) is 4.92. The molecule has 1 aromatic heterocycles. The fourth-order valence-corrected chi connectivity index (χ4v) is 4.20. The molecule has 2 heterocycles. The van der Waals surface area contributed by atoms with Crippen LogP contribution in [0.4, 0.5) is 0 Å². The molecular formula is C21H29N5OS. The van der Waals surface area contributed by atoms with E-state index in [-0.39, 0.29) is 5.91 Å². The van der Waals surface area contributed by atoms with Gasteiger partial charge in [-0.25, -0.2) is 4.98 Å². The molecule has 1 fully saturated rings. The Kier molecular flexibility index (Phi) is 7.03. The van der Waals surface area contributed by atoms with Gasteiger partial charge >= 0.3 is 0 Å². The minimum absolute atomic E-state index is 0.263. The van der Waals surface area contributed by atoms with E-state index < -0.39 is 0 Å². The summed E-state index contributed by atoms with van der Waals surface area (Å²) < 4.78 is 0. The van der Waals surface area contributed by atoms with E-state index in [2.05, 4.69) is 58.7 Å². The highest BCUT2D eigenvalue weighted by molar-refractivity contribution is 7.11. The van der Waals surface area contributed by atoms with Crippen molar-refractivity contribution in [1.82, 2.24) is 20.5 Å². The van der Waals surface area contributed by atoms with Gasteiger partial charge in [-0.1, -0.05) is 24.3 Å². The topological polar surface area (TPSA) is 69.6 Å². The standard InChI is InChI=1S/C21H29N5OS/c1-15-16(2)28-19(25-15)9-10-23-21(22-3)24-13-17-6-4-7-18(12-17)14-26-11-5-8-20(26)27/h4,6-7,12H,5,8-11,13-14H2,1-3H3,(H2,22,23,24). The van der Waals surface area contributed by atoms with Gasteiger partial charge in [-0.05, 0) is 31.4 Å². The molecule has 0 radical (unpaired) electrons. The van der Waals surface area contributed by atoms with Crippen molar-refractivity contribution in [1.29, 1.82) is 0 Å². The molecule has 7 heteroatoms. The van der Waals surface area contributed by atoms with Crippen LogP contribution in [0.15, 0.2) is 29.3 Å². The lowest BCUT2D eigenvalue weighted by molar-refractivity contribution is -0.128. The molecule has 0 aliphatic carbocycles. The van der Waals surface area contributed by atoms with E-state index in [0.717, 1.165) is 42.6 Å². The number of nitrogens with zero attached hydrogens (tertiary/aromatic N) is 3. The van der Waals surface area contributed by atoms with Crippen LogP contribution >= 0.6 is 11.3 Å². The van der Waals surface area contributed by atoms with Crippen LogP contribution in [0.2, 0.25) is 0 Å². The Morgan fingerprint density at radius 2 is 2.11 bits per heavy atom. The molecule has 6 nitrogen and oxygen atoms in total. The minimum Gasteiger partial charge on any atom is -0.356 e. The number of guanidine groups is 1. The molecule has 3 rings (SSSR count). The Morgan fingerprint density at radius 1 is 1.29 bits per heavy atom. The van der Waals surface area contributed by atoms with Crippen molar-refractivity contribution >= 4 is 23.2 Å². The summed E-state index contributed by atoms with van der Waals surface area (Å²) in [7, 11) is 1.78. The summed E-state index contributed by atoms with van der Waals surface area (Å²) in [6, 6.07) is 8.39. The van der Waals surface area contributed by atoms with Crippen LogP contribution in [-0.2, 0) is 24.3 Å². The summed E-state index contributed by atoms with van der Waals surface area (Å²) in [6.07, 6.45) is 2.55. The van der Waals surface area contributed by atoms with Crippen molar-refractivity contribution < 1.29 is 4.79 Å². The smallest absolute Gasteiger partial charge is 0.222 e. The Labute approximate surface area is 171 Å². The quantitative estimate of drug-likeness (QED) is 0.555. The summed E-state index contributed by atoms with van der Waals surface area (Å²) >= 11 is 1.76. The van der Waals surface area contributed by atoms with Gasteiger partial charge in [0.2, 0.25) is 5.91 Å². The lowest BCUT2D eigenvalue weighted by Gasteiger charge is -2.16. The van der Waals surface area contributed by atoms with Crippen LogP contribution in [0.1, 0.15) is 39.5 Å². The number of aromatic nitrogens is 1. The van der Waals surface area contributed by atoms with Crippen molar-refractivity contribution in [2.45, 2.75) is 46.2 Å². The van der Waals surface area contributed by atoms with Crippen LogP contribution in [-0.4, -0.2) is 41.9 Å². The Morgan fingerprint density at radius 3 is 2.79 bits per heavy atom. The van der Waals surface area contributed by atoms with Gasteiger partial charge in [0.25, 0.3) is 0 Å². The highest BCUT2D eigenvalue weighted by Gasteiger charge is 2.19. The number of hydrogen-bond donors (Lipinski definition) is 2. The Bertz CT molecular complexity index is 826. The molecule has 1 aliphatic rings. The average Bonchev–Trinajstić information content (AvgIpc) is 3.23. The first-order chi connectivity index (χ1) is 13.5. The van der Waals surface area contributed by atoms with E-state index in [1.54, 1.807) is 18.4 Å². The average molecular weight is 400 g/mol. The molecule has 0 saturated carbocycles. The molecular weight excluding hydrogens is 370 g/mol. The maximum atomic E-state index is 11.8. The first-order valence-corrected chi connectivity index (χ1v) is 10.6. The number of nitrogens with one attached hydrogen (secondary N) is 2. The lowest BCUT2D eigenvalue weighted by atomic mass is 10.1. The second-order valence-corrected chi connectivity index (χ2v) is 8.38. The molecule has 1 aromatic carbocycles. The van der Waals surface area contributed by atoms with Gasteiger partial charge in [-0.2, -0.15) is 0 Å². The van der Waals surface area contributed by atoms with Gasteiger partial charge in [0.15, 0.2) is 5.96 Å². The number of aliphatic imine (C=N–C) groups is 1. The third-order valence-corrected chi connectivity index (χ3v) is 6.06. The van der Waals surface area contributed by atoms with Crippen LogP contribution in [0.5, 0.6) is 0 Å².